The molecule has 19 heavy (non-hydrogen) atoms. The first-order chi connectivity index (χ1) is 8.90. The second-order valence-electron chi connectivity index (χ2n) is 5.20. The fourth-order valence-corrected chi connectivity index (χ4v) is 1.55. The maximum Gasteiger partial charge on any atom is 0.243 e. The highest BCUT2D eigenvalue weighted by Crippen LogP contribution is 2.18. The van der Waals surface area contributed by atoms with Gasteiger partial charge in [-0.05, 0) is 23.6 Å². The number of amides is 2. The molecule has 0 aliphatic rings. The molecule has 0 aliphatic heterocycles. The molecule has 0 fully saturated rings. The van der Waals surface area contributed by atoms with E-state index < -0.39 is 0 Å². The molecule has 4 heteroatoms. The average molecular weight is 262 g/mol. The van der Waals surface area contributed by atoms with E-state index in [9.17, 15) is 9.59 Å². The smallest absolute Gasteiger partial charge is 0.243 e. The molecule has 1 aromatic carbocycles. The van der Waals surface area contributed by atoms with Crippen LogP contribution in [0.1, 0.15) is 39.2 Å². The molecule has 0 aromatic heterocycles. The van der Waals surface area contributed by atoms with Gasteiger partial charge in [0.15, 0.2) is 0 Å². The first-order valence-corrected chi connectivity index (χ1v) is 6.57. The molecule has 0 saturated heterocycles. The number of nitrogens with one attached hydrogen (secondary N) is 2. The van der Waals surface area contributed by atoms with Crippen LogP contribution in [-0.2, 0) is 9.59 Å². The summed E-state index contributed by atoms with van der Waals surface area (Å²) in [5, 5.41) is 5.37. The van der Waals surface area contributed by atoms with Crippen LogP contribution in [0.15, 0.2) is 24.3 Å². The van der Waals surface area contributed by atoms with E-state index in [1.807, 2.05) is 24.3 Å². The van der Waals surface area contributed by atoms with Gasteiger partial charge in [0, 0.05) is 11.6 Å². The van der Waals surface area contributed by atoms with Crippen molar-refractivity contribution in [3.63, 3.8) is 0 Å². The maximum absolute atomic E-state index is 11.7. The summed E-state index contributed by atoms with van der Waals surface area (Å²) in [6, 6.07) is 7.74. The zero-order chi connectivity index (χ0) is 14.4. The van der Waals surface area contributed by atoms with E-state index in [0.29, 0.717) is 5.92 Å². The van der Waals surface area contributed by atoms with Gasteiger partial charge in [-0.1, -0.05) is 39.8 Å². The van der Waals surface area contributed by atoms with E-state index >= 15 is 0 Å². The Morgan fingerprint density at radius 3 is 2.42 bits per heavy atom. The first-order valence-electron chi connectivity index (χ1n) is 6.57. The SMILES string of the molecule is CC(C)C(=O)NCC(=O)Nc1cccc(C(C)C)c1. The molecule has 104 valence electrons. The summed E-state index contributed by atoms with van der Waals surface area (Å²) in [6.45, 7) is 7.79. The summed E-state index contributed by atoms with van der Waals surface area (Å²) < 4.78 is 0. The summed E-state index contributed by atoms with van der Waals surface area (Å²) >= 11 is 0. The minimum atomic E-state index is -0.213. The Morgan fingerprint density at radius 1 is 1.16 bits per heavy atom. The van der Waals surface area contributed by atoms with E-state index in [1.54, 1.807) is 13.8 Å². The fourth-order valence-electron chi connectivity index (χ4n) is 1.55. The minimum Gasteiger partial charge on any atom is -0.347 e. The lowest BCUT2D eigenvalue weighted by atomic mass is 10.0. The second-order valence-corrected chi connectivity index (χ2v) is 5.20. The molecule has 0 aliphatic carbocycles. The van der Waals surface area contributed by atoms with Gasteiger partial charge in [0.05, 0.1) is 6.54 Å². The highest BCUT2D eigenvalue weighted by molar-refractivity contribution is 5.94. The topological polar surface area (TPSA) is 58.2 Å². The molecular formula is C15H22N2O2. The molecule has 0 radical (unpaired) electrons. The van der Waals surface area contributed by atoms with E-state index in [2.05, 4.69) is 24.5 Å². The average Bonchev–Trinajstić information content (AvgIpc) is 2.36. The third kappa shape index (κ3) is 5.12. The Labute approximate surface area is 114 Å². The Morgan fingerprint density at radius 2 is 1.84 bits per heavy atom. The fraction of sp³-hybridized carbons (Fsp3) is 0.467. The highest BCUT2D eigenvalue weighted by atomic mass is 16.2. The van der Waals surface area contributed by atoms with Crippen LogP contribution in [0.4, 0.5) is 5.69 Å². The number of carbonyl (C=O) groups is 2. The third-order valence-electron chi connectivity index (χ3n) is 2.78. The van der Waals surface area contributed by atoms with Crippen LogP contribution in [0.3, 0.4) is 0 Å². The number of carbonyl (C=O) groups excluding carboxylic acids is 2. The summed E-state index contributed by atoms with van der Waals surface area (Å²) in [4.78, 5) is 23.0. The lowest BCUT2D eigenvalue weighted by Gasteiger charge is -2.10. The van der Waals surface area contributed by atoms with Crippen molar-refractivity contribution in [2.45, 2.75) is 33.6 Å². The Balaban J connectivity index is 2.53. The van der Waals surface area contributed by atoms with Crippen molar-refractivity contribution < 1.29 is 9.59 Å². The molecule has 4 nitrogen and oxygen atoms in total. The predicted octanol–water partition coefficient (Wildman–Crippen LogP) is 2.52. The van der Waals surface area contributed by atoms with E-state index in [1.165, 1.54) is 5.56 Å². The summed E-state index contributed by atoms with van der Waals surface area (Å²) in [7, 11) is 0. The van der Waals surface area contributed by atoms with Gasteiger partial charge < -0.3 is 10.6 Å². The molecule has 0 unspecified atom stereocenters. The second kappa shape index (κ2) is 6.92. The molecule has 0 bridgehead atoms. The van der Waals surface area contributed by atoms with Crippen LogP contribution in [0.2, 0.25) is 0 Å². The molecule has 0 atom stereocenters. The van der Waals surface area contributed by atoms with Crippen molar-refractivity contribution in [3.8, 4) is 0 Å². The molecule has 1 rings (SSSR count). The van der Waals surface area contributed by atoms with Crippen LogP contribution >= 0.6 is 0 Å². The van der Waals surface area contributed by atoms with Crippen LogP contribution in [0.25, 0.3) is 0 Å². The highest BCUT2D eigenvalue weighted by Gasteiger charge is 2.09. The number of benzene rings is 1. The maximum atomic E-state index is 11.7. The third-order valence-corrected chi connectivity index (χ3v) is 2.78. The van der Waals surface area contributed by atoms with Crippen LogP contribution in [0, 0.1) is 5.92 Å². The largest absolute Gasteiger partial charge is 0.347 e. The first kappa shape index (κ1) is 15.2. The van der Waals surface area contributed by atoms with Gasteiger partial charge in [0.2, 0.25) is 11.8 Å². The molecule has 0 saturated carbocycles. The molecule has 1 aromatic rings. The van der Waals surface area contributed by atoms with Crippen molar-refractivity contribution in [1.82, 2.24) is 5.32 Å². The zero-order valence-electron chi connectivity index (χ0n) is 12.0. The zero-order valence-corrected chi connectivity index (χ0v) is 12.0. The van der Waals surface area contributed by atoms with Gasteiger partial charge in [-0.3, -0.25) is 9.59 Å². The van der Waals surface area contributed by atoms with Crippen molar-refractivity contribution >= 4 is 17.5 Å². The van der Waals surface area contributed by atoms with Gasteiger partial charge in [-0.2, -0.15) is 0 Å². The summed E-state index contributed by atoms with van der Waals surface area (Å²) in [5.74, 6) is -0.0319. The van der Waals surface area contributed by atoms with Gasteiger partial charge in [0.1, 0.15) is 0 Å². The normalized spacial score (nSPS) is 10.6. The van der Waals surface area contributed by atoms with Gasteiger partial charge in [0.25, 0.3) is 0 Å². The van der Waals surface area contributed by atoms with Crippen molar-refractivity contribution in [2.75, 3.05) is 11.9 Å². The Bertz CT molecular complexity index is 453. The lowest BCUT2D eigenvalue weighted by Crippen LogP contribution is -2.35. The molecule has 2 amide bonds. The number of hydrogen-bond acceptors (Lipinski definition) is 2. The van der Waals surface area contributed by atoms with Crippen molar-refractivity contribution in [2.24, 2.45) is 5.92 Å². The summed E-state index contributed by atoms with van der Waals surface area (Å²) in [5.41, 5.74) is 1.93. The number of hydrogen-bond donors (Lipinski definition) is 2. The number of anilines is 1. The van der Waals surface area contributed by atoms with Gasteiger partial charge in [-0.25, -0.2) is 0 Å². The molecule has 0 heterocycles. The molecule has 2 N–H and O–H groups in total. The van der Waals surface area contributed by atoms with Crippen molar-refractivity contribution in [1.29, 1.82) is 0 Å². The van der Waals surface area contributed by atoms with E-state index in [4.69, 9.17) is 0 Å². The quantitative estimate of drug-likeness (QED) is 0.856. The lowest BCUT2D eigenvalue weighted by molar-refractivity contribution is -0.126. The monoisotopic (exact) mass is 262 g/mol. The summed E-state index contributed by atoms with van der Waals surface area (Å²) in [6.07, 6.45) is 0. The van der Waals surface area contributed by atoms with Crippen molar-refractivity contribution in [3.05, 3.63) is 29.8 Å². The van der Waals surface area contributed by atoms with E-state index in [-0.39, 0.29) is 24.3 Å². The predicted molar refractivity (Wildman–Crippen MR) is 77.0 cm³/mol. The molecular weight excluding hydrogens is 240 g/mol. The standard InChI is InChI=1S/C15H22N2O2/c1-10(2)12-6-5-7-13(8-12)17-14(18)9-16-15(19)11(3)4/h5-8,10-11H,9H2,1-4H3,(H,16,19)(H,17,18). The van der Waals surface area contributed by atoms with Gasteiger partial charge >= 0.3 is 0 Å². The molecule has 0 spiro atoms. The Kier molecular flexibility index (Phi) is 5.55. The minimum absolute atomic E-state index is 0.00290. The number of rotatable bonds is 5. The Hall–Kier alpha value is -1.84. The van der Waals surface area contributed by atoms with Gasteiger partial charge in [-0.15, -0.1) is 0 Å². The van der Waals surface area contributed by atoms with Crippen LogP contribution in [0.5, 0.6) is 0 Å². The van der Waals surface area contributed by atoms with Crippen LogP contribution < -0.4 is 10.6 Å². The van der Waals surface area contributed by atoms with Crippen LogP contribution in [-0.4, -0.2) is 18.4 Å². The van der Waals surface area contributed by atoms with E-state index in [0.717, 1.165) is 5.69 Å².